The first-order chi connectivity index (χ1) is 9.82. The summed E-state index contributed by atoms with van der Waals surface area (Å²) in [5, 5.41) is 14.0. The van der Waals surface area contributed by atoms with Crippen molar-refractivity contribution in [1.82, 2.24) is 9.62 Å². The fourth-order valence-corrected chi connectivity index (χ4v) is 5.39. The molecule has 1 aliphatic rings. The van der Waals surface area contributed by atoms with Gasteiger partial charge in [-0.1, -0.05) is 11.6 Å². The van der Waals surface area contributed by atoms with Crippen molar-refractivity contribution in [3.8, 4) is 0 Å². The van der Waals surface area contributed by atoms with E-state index >= 15 is 0 Å². The number of halogens is 1. The summed E-state index contributed by atoms with van der Waals surface area (Å²) in [7, 11) is -2.23. The Labute approximate surface area is 132 Å². The molecule has 118 valence electrons. The molecule has 1 saturated heterocycles. The lowest BCUT2D eigenvalue weighted by molar-refractivity contribution is -0.384. The molecule has 0 spiro atoms. The number of piperidine rings is 1. The quantitative estimate of drug-likeness (QED) is 0.645. The van der Waals surface area contributed by atoms with Gasteiger partial charge in [-0.15, -0.1) is 11.3 Å². The predicted molar refractivity (Wildman–Crippen MR) is 81.4 cm³/mol. The molecule has 0 atom stereocenters. The molecule has 0 saturated carbocycles. The third-order valence-electron chi connectivity index (χ3n) is 3.48. The first-order valence-electron chi connectivity index (χ1n) is 6.43. The maximum atomic E-state index is 12.4. The normalized spacial score (nSPS) is 17.3. The zero-order chi connectivity index (χ0) is 15.6. The highest BCUT2D eigenvalue weighted by Gasteiger charge is 2.30. The molecular weight excluding hydrogens is 338 g/mol. The smallest absolute Gasteiger partial charge is 0.300 e. The van der Waals surface area contributed by atoms with Crippen LogP contribution in [0.4, 0.5) is 5.69 Å². The second kappa shape index (κ2) is 6.57. The second-order valence-electron chi connectivity index (χ2n) is 4.96. The van der Waals surface area contributed by atoms with E-state index in [2.05, 4.69) is 5.32 Å². The first-order valence-corrected chi connectivity index (χ1v) is 9.06. The van der Waals surface area contributed by atoms with Gasteiger partial charge in [0.25, 0.3) is 15.7 Å². The van der Waals surface area contributed by atoms with Crippen LogP contribution in [0.2, 0.25) is 4.34 Å². The van der Waals surface area contributed by atoms with Crippen LogP contribution in [-0.2, 0) is 10.0 Å². The largest absolute Gasteiger partial charge is 0.317 e. The van der Waals surface area contributed by atoms with Gasteiger partial charge in [0.1, 0.15) is 4.21 Å². The molecule has 2 rings (SSSR count). The number of nitrogens with one attached hydrogen (secondary N) is 1. The molecule has 1 fully saturated rings. The minimum Gasteiger partial charge on any atom is -0.317 e. The summed E-state index contributed by atoms with van der Waals surface area (Å²) in [5.74, 6) is 0.302. The Hall–Kier alpha value is -0.740. The van der Waals surface area contributed by atoms with Crippen LogP contribution in [0.3, 0.4) is 0 Å². The van der Waals surface area contributed by atoms with Crippen molar-refractivity contribution in [3.05, 3.63) is 20.5 Å². The Morgan fingerprint density at radius 3 is 2.67 bits per heavy atom. The lowest BCUT2D eigenvalue weighted by Crippen LogP contribution is -2.37. The van der Waals surface area contributed by atoms with E-state index in [0.29, 0.717) is 12.5 Å². The Morgan fingerprint density at radius 2 is 2.14 bits per heavy atom. The van der Waals surface area contributed by atoms with Crippen LogP contribution in [-0.4, -0.2) is 44.3 Å². The van der Waals surface area contributed by atoms with Gasteiger partial charge >= 0.3 is 0 Å². The van der Waals surface area contributed by atoms with Crippen molar-refractivity contribution < 1.29 is 13.3 Å². The van der Waals surface area contributed by atoms with E-state index in [1.54, 1.807) is 0 Å². The second-order valence-corrected chi connectivity index (χ2v) is 8.89. The van der Waals surface area contributed by atoms with Crippen LogP contribution in [0.5, 0.6) is 0 Å². The SMILES string of the molecule is CN(CC1CCNCC1)S(=O)(=O)c1cc([N+](=O)[O-])c(Cl)s1. The van der Waals surface area contributed by atoms with Crippen molar-refractivity contribution in [2.45, 2.75) is 17.1 Å². The summed E-state index contributed by atoms with van der Waals surface area (Å²) < 4.78 is 25.9. The van der Waals surface area contributed by atoms with Crippen LogP contribution in [0.15, 0.2) is 10.3 Å². The maximum Gasteiger partial charge on any atom is 0.300 e. The van der Waals surface area contributed by atoms with Crippen LogP contribution in [0.1, 0.15) is 12.8 Å². The topological polar surface area (TPSA) is 92.6 Å². The van der Waals surface area contributed by atoms with Gasteiger partial charge in [-0.3, -0.25) is 10.1 Å². The van der Waals surface area contributed by atoms with Gasteiger partial charge in [0.15, 0.2) is 4.34 Å². The molecule has 0 aromatic carbocycles. The summed E-state index contributed by atoms with van der Waals surface area (Å²) in [6, 6.07) is 1.03. The average Bonchev–Trinajstić information content (AvgIpc) is 2.82. The fourth-order valence-electron chi connectivity index (χ4n) is 2.27. The molecule has 0 unspecified atom stereocenters. The number of rotatable bonds is 5. The number of hydrogen-bond donors (Lipinski definition) is 1. The molecule has 1 aliphatic heterocycles. The van der Waals surface area contributed by atoms with E-state index in [-0.39, 0.29) is 14.2 Å². The van der Waals surface area contributed by atoms with Gasteiger partial charge in [0.2, 0.25) is 0 Å². The Morgan fingerprint density at radius 1 is 1.52 bits per heavy atom. The van der Waals surface area contributed by atoms with Gasteiger partial charge in [0.05, 0.1) is 4.92 Å². The molecule has 1 aromatic heterocycles. The van der Waals surface area contributed by atoms with Crippen molar-refractivity contribution in [3.63, 3.8) is 0 Å². The molecule has 0 bridgehead atoms. The van der Waals surface area contributed by atoms with E-state index in [1.165, 1.54) is 11.4 Å². The third-order valence-corrected chi connectivity index (χ3v) is 7.09. The first kappa shape index (κ1) is 16.6. The van der Waals surface area contributed by atoms with Gasteiger partial charge in [-0.25, -0.2) is 8.42 Å². The molecule has 7 nitrogen and oxygen atoms in total. The third kappa shape index (κ3) is 3.72. The molecule has 0 aliphatic carbocycles. The Bertz CT molecular complexity index is 625. The van der Waals surface area contributed by atoms with Crippen molar-refractivity contribution in [2.24, 2.45) is 5.92 Å². The molecule has 1 N–H and O–H groups in total. The predicted octanol–water partition coefficient (Wildman–Crippen LogP) is 1.93. The number of thiophene rings is 1. The minimum absolute atomic E-state index is 0.0874. The van der Waals surface area contributed by atoms with Crippen molar-refractivity contribution in [2.75, 3.05) is 26.7 Å². The van der Waals surface area contributed by atoms with Crippen molar-refractivity contribution in [1.29, 1.82) is 0 Å². The number of hydrogen-bond acceptors (Lipinski definition) is 6. The Balaban J connectivity index is 2.16. The van der Waals surface area contributed by atoms with Crippen LogP contribution in [0.25, 0.3) is 0 Å². The van der Waals surface area contributed by atoms with Crippen LogP contribution in [0, 0.1) is 16.0 Å². The highest BCUT2D eigenvalue weighted by molar-refractivity contribution is 7.91. The minimum atomic E-state index is -3.73. The van der Waals surface area contributed by atoms with Gasteiger partial charge in [-0.2, -0.15) is 4.31 Å². The number of nitro groups is 1. The lowest BCUT2D eigenvalue weighted by Gasteiger charge is -2.26. The molecule has 2 heterocycles. The van der Waals surface area contributed by atoms with Gasteiger partial charge in [-0.05, 0) is 31.8 Å². The van der Waals surface area contributed by atoms with E-state index in [1.807, 2.05) is 0 Å². The molecule has 0 amide bonds. The van der Waals surface area contributed by atoms with E-state index < -0.39 is 14.9 Å². The number of nitrogens with zero attached hydrogens (tertiary/aromatic N) is 2. The number of sulfonamides is 1. The summed E-state index contributed by atoms with van der Waals surface area (Å²) >= 11 is 6.45. The standard InChI is InChI=1S/C11H16ClN3O4S2/c1-14(7-8-2-4-13-5-3-8)21(18,19)10-6-9(15(16)17)11(12)20-10/h6,8,13H,2-5,7H2,1H3. The van der Waals surface area contributed by atoms with Gasteiger partial charge in [0, 0.05) is 19.7 Å². The Kier molecular flexibility index (Phi) is 5.20. The average molecular weight is 354 g/mol. The molecule has 21 heavy (non-hydrogen) atoms. The summed E-state index contributed by atoms with van der Waals surface area (Å²) in [6.45, 7) is 2.18. The fraction of sp³-hybridized carbons (Fsp3) is 0.636. The van der Waals surface area contributed by atoms with E-state index in [9.17, 15) is 18.5 Å². The highest BCUT2D eigenvalue weighted by atomic mass is 35.5. The van der Waals surface area contributed by atoms with Crippen LogP contribution < -0.4 is 5.32 Å². The summed E-state index contributed by atoms with van der Waals surface area (Å²) in [4.78, 5) is 10.1. The zero-order valence-corrected chi connectivity index (χ0v) is 13.8. The highest BCUT2D eigenvalue weighted by Crippen LogP contribution is 2.37. The summed E-state index contributed by atoms with van der Waals surface area (Å²) in [6.07, 6.45) is 1.84. The monoisotopic (exact) mass is 353 g/mol. The lowest BCUT2D eigenvalue weighted by atomic mass is 9.98. The van der Waals surface area contributed by atoms with E-state index in [0.717, 1.165) is 43.3 Å². The molecule has 0 radical (unpaired) electrons. The van der Waals surface area contributed by atoms with E-state index in [4.69, 9.17) is 11.6 Å². The molecule has 1 aromatic rings. The zero-order valence-electron chi connectivity index (χ0n) is 11.4. The summed E-state index contributed by atoms with van der Waals surface area (Å²) in [5.41, 5.74) is -0.365. The molecular formula is C11H16ClN3O4S2. The molecule has 10 heteroatoms. The van der Waals surface area contributed by atoms with Gasteiger partial charge < -0.3 is 5.32 Å². The van der Waals surface area contributed by atoms with Crippen molar-refractivity contribution >= 4 is 38.6 Å². The van der Waals surface area contributed by atoms with Crippen LogP contribution >= 0.6 is 22.9 Å². The maximum absolute atomic E-state index is 12.4.